The van der Waals surface area contributed by atoms with Gasteiger partial charge in [-0.3, -0.25) is 0 Å². The molecule has 1 aromatic carbocycles. The number of nitrogens with zero attached hydrogens (tertiary/aromatic N) is 4. The minimum absolute atomic E-state index is 0.0186. The third-order valence-corrected chi connectivity index (χ3v) is 7.13. The van der Waals surface area contributed by atoms with E-state index in [0.717, 1.165) is 67.5 Å². The Hall–Kier alpha value is -2.76. The van der Waals surface area contributed by atoms with Gasteiger partial charge in [-0.1, -0.05) is 12.1 Å². The highest BCUT2D eigenvalue weighted by atomic mass is 32.2. The van der Waals surface area contributed by atoms with Crippen LogP contribution < -0.4 is 21.5 Å². The van der Waals surface area contributed by atoms with E-state index in [-0.39, 0.29) is 11.8 Å². The second-order valence-corrected chi connectivity index (χ2v) is 10.7. The van der Waals surface area contributed by atoms with Gasteiger partial charge in [-0.2, -0.15) is 9.97 Å². The van der Waals surface area contributed by atoms with Crippen LogP contribution in [0.4, 0.5) is 17.5 Å². The van der Waals surface area contributed by atoms with Crippen molar-refractivity contribution in [2.45, 2.75) is 70.5 Å². The third-order valence-electron chi connectivity index (χ3n) is 6.27. The monoisotopic (exact) mass is 486 g/mol. The van der Waals surface area contributed by atoms with Crippen LogP contribution in [0.1, 0.15) is 51.0 Å². The SMILES string of the molecule is CCn1cnc2c(Nc3ccc(CCCCS(N)(=O)=O)cc3)nc(NC3CCC(N)CC3)nc21. The summed E-state index contributed by atoms with van der Waals surface area (Å²) in [5.41, 5.74) is 9.61. The van der Waals surface area contributed by atoms with Gasteiger partial charge in [0, 0.05) is 24.3 Å². The molecule has 1 aliphatic rings. The fourth-order valence-corrected chi connectivity index (χ4v) is 4.90. The first-order valence-electron chi connectivity index (χ1n) is 11.9. The van der Waals surface area contributed by atoms with E-state index in [1.807, 2.05) is 28.8 Å². The van der Waals surface area contributed by atoms with Crippen LogP contribution >= 0.6 is 0 Å². The molecule has 1 aliphatic carbocycles. The summed E-state index contributed by atoms with van der Waals surface area (Å²) in [5.74, 6) is 1.27. The Bertz CT molecular complexity index is 1200. The smallest absolute Gasteiger partial charge is 0.227 e. The fourth-order valence-electron chi connectivity index (χ4n) is 4.30. The minimum Gasteiger partial charge on any atom is -0.351 e. The Morgan fingerprint density at radius 3 is 2.50 bits per heavy atom. The highest BCUT2D eigenvalue weighted by molar-refractivity contribution is 7.89. The highest BCUT2D eigenvalue weighted by Crippen LogP contribution is 2.26. The molecule has 3 aromatic rings. The van der Waals surface area contributed by atoms with Gasteiger partial charge in [-0.25, -0.2) is 18.5 Å². The molecule has 0 aliphatic heterocycles. The molecule has 0 bridgehead atoms. The molecule has 6 N–H and O–H groups in total. The number of rotatable bonds is 10. The predicted octanol–water partition coefficient (Wildman–Crippen LogP) is 2.88. The molecule has 0 atom stereocenters. The maximum atomic E-state index is 11.1. The van der Waals surface area contributed by atoms with Gasteiger partial charge in [0.2, 0.25) is 16.0 Å². The Labute approximate surface area is 200 Å². The summed E-state index contributed by atoms with van der Waals surface area (Å²) in [6, 6.07) is 8.66. The van der Waals surface area contributed by atoms with Crippen LogP contribution in [0.5, 0.6) is 0 Å². The highest BCUT2D eigenvalue weighted by Gasteiger charge is 2.20. The van der Waals surface area contributed by atoms with Gasteiger partial charge in [0.1, 0.15) is 0 Å². The van der Waals surface area contributed by atoms with E-state index in [0.29, 0.717) is 24.2 Å². The Balaban J connectivity index is 1.47. The van der Waals surface area contributed by atoms with Crippen LogP contribution in [-0.4, -0.2) is 45.8 Å². The standard InChI is InChI=1S/C23H34N8O2S/c1-2-31-15-26-20-21(29-23(30-22(20)31)28-19-12-8-17(24)9-13-19)27-18-10-6-16(7-11-18)5-3-4-14-34(25,32)33/h6-7,10-11,15,17,19H,2-5,8-9,12-14,24H2,1H3,(H2,25,32,33)(H2,27,28,29,30). The van der Waals surface area contributed by atoms with Crippen LogP contribution in [0.15, 0.2) is 30.6 Å². The molecule has 0 unspecified atom stereocenters. The summed E-state index contributed by atoms with van der Waals surface area (Å²) < 4.78 is 24.1. The molecule has 184 valence electrons. The van der Waals surface area contributed by atoms with Crippen molar-refractivity contribution in [2.24, 2.45) is 10.9 Å². The van der Waals surface area contributed by atoms with Gasteiger partial charge < -0.3 is 20.9 Å². The zero-order valence-corrected chi connectivity index (χ0v) is 20.4. The molecule has 2 heterocycles. The lowest BCUT2D eigenvalue weighted by molar-refractivity contribution is 0.410. The van der Waals surface area contributed by atoms with Crippen LogP contribution in [-0.2, 0) is 23.0 Å². The van der Waals surface area contributed by atoms with Gasteiger partial charge in [0.25, 0.3) is 0 Å². The zero-order valence-electron chi connectivity index (χ0n) is 19.6. The van der Waals surface area contributed by atoms with E-state index in [2.05, 4.69) is 22.5 Å². The van der Waals surface area contributed by atoms with Crippen LogP contribution in [0.2, 0.25) is 0 Å². The van der Waals surface area contributed by atoms with Crippen LogP contribution in [0.3, 0.4) is 0 Å². The largest absolute Gasteiger partial charge is 0.351 e. The zero-order chi connectivity index (χ0) is 24.1. The van der Waals surface area contributed by atoms with Crippen molar-refractivity contribution in [3.8, 4) is 0 Å². The molecular formula is C23H34N8O2S. The second kappa shape index (κ2) is 10.7. The third kappa shape index (κ3) is 6.43. The molecule has 0 spiro atoms. The average molecular weight is 487 g/mol. The molecule has 4 rings (SSSR count). The van der Waals surface area contributed by atoms with E-state index in [4.69, 9.17) is 20.8 Å². The van der Waals surface area contributed by atoms with Crippen molar-refractivity contribution >= 4 is 38.6 Å². The van der Waals surface area contributed by atoms with E-state index in [1.165, 1.54) is 0 Å². The van der Waals surface area contributed by atoms with Gasteiger partial charge in [0.15, 0.2) is 17.0 Å². The lowest BCUT2D eigenvalue weighted by Gasteiger charge is -2.26. The van der Waals surface area contributed by atoms with Gasteiger partial charge in [0.05, 0.1) is 12.1 Å². The molecule has 1 fully saturated rings. The average Bonchev–Trinajstić information content (AvgIpc) is 3.22. The predicted molar refractivity (Wildman–Crippen MR) is 135 cm³/mol. The Kier molecular flexibility index (Phi) is 7.64. The number of aromatic nitrogens is 4. The fraction of sp³-hybridized carbons (Fsp3) is 0.522. The number of hydrogen-bond donors (Lipinski definition) is 4. The van der Waals surface area contributed by atoms with Crippen molar-refractivity contribution < 1.29 is 8.42 Å². The molecular weight excluding hydrogens is 452 g/mol. The quantitative estimate of drug-likeness (QED) is 0.319. The Morgan fingerprint density at radius 1 is 1.09 bits per heavy atom. The topological polar surface area (TPSA) is 154 Å². The van der Waals surface area contributed by atoms with Crippen LogP contribution in [0.25, 0.3) is 11.2 Å². The number of benzene rings is 1. The lowest BCUT2D eigenvalue weighted by Crippen LogP contribution is -2.33. The molecule has 34 heavy (non-hydrogen) atoms. The number of anilines is 3. The van der Waals surface area contributed by atoms with Gasteiger partial charge >= 0.3 is 0 Å². The van der Waals surface area contributed by atoms with Crippen molar-refractivity contribution in [1.29, 1.82) is 0 Å². The number of primary sulfonamides is 1. The molecule has 11 heteroatoms. The maximum absolute atomic E-state index is 11.1. The number of unbranched alkanes of at least 4 members (excludes halogenated alkanes) is 1. The minimum atomic E-state index is -3.39. The summed E-state index contributed by atoms with van der Waals surface area (Å²) in [4.78, 5) is 14.0. The first kappa shape index (κ1) is 24.4. The van der Waals surface area contributed by atoms with E-state index in [9.17, 15) is 8.42 Å². The molecule has 0 saturated heterocycles. The number of hydrogen-bond acceptors (Lipinski definition) is 8. The van der Waals surface area contributed by atoms with Crippen molar-refractivity contribution in [2.75, 3.05) is 16.4 Å². The van der Waals surface area contributed by atoms with Gasteiger partial charge in [-0.15, -0.1) is 0 Å². The summed E-state index contributed by atoms with van der Waals surface area (Å²) in [6.45, 7) is 2.83. The molecule has 2 aromatic heterocycles. The van der Waals surface area contributed by atoms with Crippen molar-refractivity contribution in [3.63, 3.8) is 0 Å². The maximum Gasteiger partial charge on any atom is 0.227 e. The number of imidazole rings is 1. The summed E-state index contributed by atoms with van der Waals surface area (Å²) in [5, 5.41) is 12.0. The van der Waals surface area contributed by atoms with E-state index >= 15 is 0 Å². The first-order valence-corrected chi connectivity index (χ1v) is 13.6. The summed E-state index contributed by atoms with van der Waals surface area (Å²) in [6.07, 6.45) is 7.95. The first-order chi connectivity index (χ1) is 16.3. The molecule has 10 nitrogen and oxygen atoms in total. The molecule has 1 saturated carbocycles. The van der Waals surface area contributed by atoms with Crippen molar-refractivity contribution in [3.05, 3.63) is 36.2 Å². The number of nitrogens with one attached hydrogen (secondary N) is 2. The Morgan fingerprint density at radius 2 is 1.82 bits per heavy atom. The number of sulfonamides is 1. The summed E-state index contributed by atoms with van der Waals surface area (Å²) in [7, 11) is -3.39. The van der Waals surface area contributed by atoms with Crippen molar-refractivity contribution in [1.82, 2.24) is 19.5 Å². The van der Waals surface area contributed by atoms with E-state index in [1.54, 1.807) is 6.33 Å². The molecule has 0 amide bonds. The number of nitrogens with two attached hydrogens (primary N) is 2. The lowest BCUT2D eigenvalue weighted by atomic mass is 9.92. The normalized spacial score (nSPS) is 18.8. The van der Waals surface area contributed by atoms with Gasteiger partial charge in [-0.05, 0) is 69.6 Å². The number of aryl methyl sites for hydroxylation is 2. The second-order valence-electron chi connectivity index (χ2n) is 9.00. The van der Waals surface area contributed by atoms with E-state index < -0.39 is 10.0 Å². The molecule has 0 radical (unpaired) electrons. The number of fused-ring (bicyclic) bond motifs is 1. The summed E-state index contributed by atoms with van der Waals surface area (Å²) >= 11 is 0. The van der Waals surface area contributed by atoms with Crippen LogP contribution in [0, 0.1) is 0 Å².